The first-order valence-electron chi connectivity index (χ1n) is 8.13. The van der Waals surface area contributed by atoms with Crippen LogP contribution in [0.25, 0.3) is 0 Å². The fourth-order valence-electron chi connectivity index (χ4n) is 2.22. The summed E-state index contributed by atoms with van der Waals surface area (Å²) in [5.41, 5.74) is 6.29. The minimum atomic E-state index is -0.326. The lowest BCUT2D eigenvalue weighted by Gasteiger charge is -2.26. The van der Waals surface area contributed by atoms with E-state index in [9.17, 15) is 9.59 Å². The lowest BCUT2D eigenvalue weighted by atomic mass is 10.0. The van der Waals surface area contributed by atoms with E-state index in [1.165, 1.54) is 0 Å². The molecular weight excluding hydrogens is 346 g/mol. The minimum Gasteiger partial charge on any atom is -0.482 e. The number of hydrogen-bond acceptors (Lipinski definition) is 5. The topological polar surface area (TPSA) is 93.9 Å². The van der Waals surface area contributed by atoms with Gasteiger partial charge in [-0.15, -0.1) is 12.4 Å². The van der Waals surface area contributed by atoms with Crippen molar-refractivity contribution in [3.05, 3.63) is 24.3 Å². The van der Waals surface area contributed by atoms with E-state index in [4.69, 9.17) is 15.2 Å². The van der Waals surface area contributed by atoms with E-state index < -0.39 is 0 Å². The molecule has 1 aromatic rings. The van der Waals surface area contributed by atoms with Crippen LogP contribution in [-0.2, 0) is 14.3 Å². The number of nitrogens with zero attached hydrogens (tertiary/aromatic N) is 1. The van der Waals surface area contributed by atoms with Crippen LogP contribution >= 0.6 is 12.4 Å². The summed E-state index contributed by atoms with van der Waals surface area (Å²) in [5.74, 6) is -0.138. The summed E-state index contributed by atoms with van der Waals surface area (Å²) in [4.78, 5) is 26.0. The van der Waals surface area contributed by atoms with Crippen molar-refractivity contribution in [3.63, 3.8) is 0 Å². The molecule has 0 aliphatic carbocycles. The maximum absolute atomic E-state index is 12.2. The van der Waals surface area contributed by atoms with Crippen molar-refractivity contribution in [1.82, 2.24) is 4.90 Å². The zero-order chi connectivity index (χ0) is 17.5. The summed E-state index contributed by atoms with van der Waals surface area (Å²) in [6.45, 7) is 5.73. The molecule has 1 aromatic carbocycles. The van der Waals surface area contributed by atoms with Crippen LogP contribution in [0.15, 0.2) is 24.3 Å². The number of morpholine rings is 1. The molecule has 1 heterocycles. The first kappa shape index (κ1) is 21.2. The van der Waals surface area contributed by atoms with Crippen LogP contribution in [0.2, 0.25) is 0 Å². The minimum absolute atomic E-state index is 0. The summed E-state index contributed by atoms with van der Waals surface area (Å²) >= 11 is 0. The van der Waals surface area contributed by atoms with E-state index in [1.807, 2.05) is 0 Å². The summed E-state index contributed by atoms with van der Waals surface area (Å²) in [5, 5.41) is 2.81. The molecule has 0 aromatic heterocycles. The van der Waals surface area contributed by atoms with Gasteiger partial charge in [-0.3, -0.25) is 9.59 Å². The van der Waals surface area contributed by atoms with Crippen molar-refractivity contribution in [1.29, 1.82) is 0 Å². The predicted octanol–water partition coefficient (Wildman–Crippen LogP) is 1.27. The third-order valence-corrected chi connectivity index (χ3v) is 4.06. The van der Waals surface area contributed by atoms with Gasteiger partial charge in [-0.25, -0.2) is 0 Å². The van der Waals surface area contributed by atoms with Gasteiger partial charge in [0.25, 0.3) is 5.91 Å². The number of benzene rings is 1. The molecule has 1 aliphatic rings. The van der Waals surface area contributed by atoms with Gasteiger partial charge in [0, 0.05) is 19.1 Å². The number of anilines is 1. The SMILES string of the molecule is CC(N)C(C)C(=O)Nc1ccccc1OCC(=O)N1CCOCC1.Cl. The van der Waals surface area contributed by atoms with Crippen molar-refractivity contribution < 1.29 is 19.1 Å². The van der Waals surface area contributed by atoms with Gasteiger partial charge < -0.3 is 25.4 Å². The highest BCUT2D eigenvalue weighted by molar-refractivity contribution is 5.94. The van der Waals surface area contributed by atoms with Crippen LogP contribution in [0.5, 0.6) is 5.75 Å². The molecule has 140 valence electrons. The van der Waals surface area contributed by atoms with Crippen LogP contribution in [0.1, 0.15) is 13.8 Å². The van der Waals surface area contributed by atoms with Crippen molar-refractivity contribution in [2.24, 2.45) is 11.7 Å². The van der Waals surface area contributed by atoms with Crippen molar-refractivity contribution in [2.45, 2.75) is 19.9 Å². The summed E-state index contributed by atoms with van der Waals surface area (Å²) < 4.78 is 10.8. The average molecular weight is 372 g/mol. The number of halogens is 1. The highest BCUT2D eigenvalue weighted by Crippen LogP contribution is 2.24. The first-order chi connectivity index (χ1) is 11.5. The Morgan fingerprint density at radius 1 is 1.28 bits per heavy atom. The van der Waals surface area contributed by atoms with Gasteiger partial charge in [0.15, 0.2) is 6.61 Å². The monoisotopic (exact) mass is 371 g/mol. The van der Waals surface area contributed by atoms with Gasteiger partial charge in [-0.2, -0.15) is 0 Å². The van der Waals surface area contributed by atoms with Crippen molar-refractivity contribution in [2.75, 3.05) is 38.2 Å². The summed E-state index contributed by atoms with van der Waals surface area (Å²) in [6.07, 6.45) is 0. The van der Waals surface area contributed by atoms with Crippen LogP contribution < -0.4 is 15.8 Å². The zero-order valence-electron chi connectivity index (χ0n) is 14.6. The van der Waals surface area contributed by atoms with Gasteiger partial charge in [0.2, 0.25) is 5.91 Å². The second-order valence-corrected chi connectivity index (χ2v) is 5.92. The Labute approximate surface area is 154 Å². The second-order valence-electron chi connectivity index (χ2n) is 5.92. The predicted molar refractivity (Wildman–Crippen MR) is 98.0 cm³/mol. The van der Waals surface area contributed by atoms with Crippen LogP contribution in [0.4, 0.5) is 5.69 Å². The Morgan fingerprint density at radius 3 is 2.56 bits per heavy atom. The number of rotatable bonds is 6. The number of amides is 2. The Bertz CT molecular complexity index is 577. The normalized spacial score (nSPS) is 16.4. The quantitative estimate of drug-likeness (QED) is 0.785. The lowest BCUT2D eigenvalue weighted by molar-refractivity contribution is -0.137. The molecule has 25 heavy (non-hydrogen) atoms. The molecule has 2 unspecified atom stereocenters. The fraction of sp³-hybridized carbons (Fsp3) is 0.529. The molecule has 0 spiro atoms. The third-order valence-electron chi connectivity index (χ3n) is 4.06. The van der Waals surface area contributed by atoms with E-state index >= 15 is 0 Å². The molecule has 3 N–H and O–H groups in total. The van der Waals surface area contributed by atoms with Crippen LogP contribution in [0.3, 0.4) is 0 Å². The molecule has 0 radical (unpaired) electrons. The number of carbonyl (C=O) groups is 2. The lowest BCUT2D eigenvalue weighted by Crippen LogP contribution is -2.43. The fourth-order valence-corrected chi connectivity index (χ4v) is 2.22. The Balaban J connectivity index is 0.00000312. The molecular formula is C17H26ClN3O4. The molecule has 0 saturated carbocycles. The number of hydrogen-bond donors (Lipinski definition) is 2. The maximum atomic E-state index is 12.2. The first-order valence-corrected chi connectivity index (χ1v) is 8.13. The van der Waals surface area contributed by atoms with E-state index in [0.717, 1.165) is 0 Å². The van der Waals surface area contributed by atoms with Crippen LogP contribution in [0, 0.1) is 5.92 Å². The molecule has 2 amide bonds. The Morgan fingerprint density at radius 2 is 1.92 bits per heavy atom. The maximum Gasteiger partial charge on any atom is 0.260 e. The van der Waals surface area contributed by atoms with Gasteiger partial charge >= 0.3 is 0 Å². The second kappa shape index (κ2) is 10.2. The number of carbonyl (C=O) groups excluding carboxylic acids is 2. The highest BCUT2D eigenvalue weighted by Gasteiger charge is 2.20. The molecule has 7 nitrogen and oxygen atoms in total. The van der Waals surface area contributed by atoms with E-state index in [-0.39, 0.29) is 42.8 Å². The molecule has 0 bridgehead atoms. The number of nitrogens with two attached hydrogens (primary N) is 1. The van der Waals surface area contributed by atoms with E-state index in [1.54, 1.807) is 43.0 Å². The molecule has 2 rings (SSSR count). The smallest absolute Gasteiger partial charge is 0.260 e. The molecule has 1 aliphatic heterocycles. The molecule has 1 saturated heterocycles. The number of ether oxygens (including phenoxy) is 2. The van der Waals surface area contributed by atoms with Gasteiger partial charge in [0.1, 0.15) is 5.75 Å². The van der Waals surface area contributed by atoms with Gasteiger partial charge in [-0.1, -0.05) is 19.1 Å². The molecule has 8 heteroatoms. The van der Waals surface area contributed by atoms with Crippen molar-refractivity contribution >= 4 is 29.9 Å². The number of para-hydroxylation sites is 2. The Hall–Kier alpha value is -1.83. The summed E-state index contributed by atoms with van der Waals surface area (Å²) in [7, 11) is 0. The zero-order valence-corrected chi connectivity index (χ0v) is 15.4. The average Bonchev–Trinajstić information content (AvgIpc) is 2.60. The largest absolute Gasteiger partial charge is 0.482 e. The summed E-state index contributed by atoms with van der Waals surface area (Å²) in [6, 6.07) is 6.79. The third kappa shape index (κ3) is 6.19. The van der Waals surface area contributed by atoms with Crippen LogP contribution in [-0.4, -0.2) is 55.7 Å². The molecule has 1 fully saturated rings. The van der Waals surface area contributed by atoms with E-state index in [0.29, 0.717) is 37.7 Å². The van der Waals surface area contributed by atoms with Gasteiger partial charge in [0.05, 0.1) is 24.8 Å². The van der Waals surface area contributed by atoms with E-state index in [2.05, 4.69) is 5.32 Å². The Kier molecular flexibility index (Phi) is 8.68. The standard InChI is InChI=1S/C17H25N3O4.ClH/c1-12(13(2)18)17(22)19-14-5-3-4-6-15(14)24-11-16(21)20-7-9-23-10-8-20;/h3-6,12-13H,7-11,18H2,1-2H3,(H,19,22);1H. The molecule has 2 atom stereocenters. The van der Waals surface area contributed by atoms with Crippen molar-refractivity contribution in [3.8, 4) is 5.75 Å². The van der Waals surface area contributed by atoms with Gasteiger partial charge in [-0.05, 0) is 19.1 Å². The highest BCUT2D eigenvalue weighted by atomic mass is 35.5. The number of nitrogens with one attached hydrogen (secondary N) is 1.